The summed E-state index contributed by atoms with van der Waals surface area (Å²) in [6.45, 7) is 4.44. The van der Waals surface area contributed by atoms with Gasteiger partial charge in [-0.05, 0) is 12.8 Å². The van der Waals surface area contributed by atoms with Gasteiger partial charge in [-0.2, -0.15) is 0 Å². The molecule has 0 radical (unpaired) electrons. The molecule has 0 spiro atoms. The van der Waals surface area contributed by atoms with Gasteiger partial charge in [-0.3, -0.25) is 4.79 Å². The maximum atomic E-state index is 12.0. The first-order valence-electron chi connectivity index (χ1n) is 6.61. The molecule has 0 saturated heterocycles. The van der Waals surface area contributed by atoms with Crippen LogP contribution in [0.1, 0.15) is 46.0 Å². The van der Waals surface area contributed by atoms with Crippen molar-refractivity contribution in [3.8, 4) is 0 Å². The van der Waals surface area contributed by atoms with Crippen LogP contribution in [0, 0.1) is 0 Å². The summed E-state index contributed by atoms with van der Waals surface area (Å²) in [5.74, 6) is -0.206. The van der Waals surface area contributed by atoms with Gasteiger partial charge in [0.15, 0.2) is 0 Å². The van der Waals surface area contributed by atoms with Crippen LogP contribution in [0.15, 0.2) is 0 Å². The fourth-order valence-corrected chi connectivity index (χ4v) is 1.73. The molecule has 3 amide bonds. The summed E-state index contributed by atoms with van der Waals surface area (Å²) in [6.07, 6.45) is 4.29. The number of carbonyl (C=O) groups is 2. The molecule has 114 valence electrons. The summed E-state index contributed by atoms with van der Waals surface area (Å²) < 4.78 is 0. The predicted octanol–water partition coefficient (Wildman–Crippen LogP) is 0.879. The van der Waals surface area contributed by atoms with Crippen LogP contribution in [0.25, 0.3) is 0 Å². The van der Waals surface area contributed by atoms with E-state index >= 15 is 0 Å². The van der Waals surface area contributed by atoms with Gasteiger partial charge >= 0.3 is 6.03 Å². The van der Waals surface area contributed by atoms with Crippen LogP contribution in [0.3, 0.4) is 0 Å². The van der Waals surface area contributed by atoms with Gasteiger partial charge < -0.3 is 22.1 Å². The summed E-state index contributed by atoms with van der Waals surface area (Å²) >= 11 is 0. The Morgan fingerprint density at radius 1 is 1.11 bits per heavy atom. The second kappa shape index (κ2) is 12.0. The second-order valence-electron chi connectivity index (χ2n) is 4.43. The fraction of sp³-hybridized carbons (Fsp3) is 0.833. The predicted molar refractivity (Wildman–Crippen MR) is 79.2 cm³/mol. The lowest BCUT2D eigenvalue weighted by Gasteiger charge is -2.21. The zero-order valence-electron chi connectivity index (χ0n) is 11.8. The van der Waals surface area contributed by atoms with Gasteiger partial charge in [0.05, 0.1) is 0 Å². The lowest BCUT2D eigenvalue weighted by molar-refractivity contribution is -0.123. The topological polar surface area (TPSA) is 110 Å². The van der Waals surface area contributed by atoms with E-state index in [0.29, 0.717) is 13.0 Å². The number of hydrogen-bond acceptors (Lipinski definition) is 3. The van der Waals surface area contributed by atoms with Crippen molar-refractivity contribution in [2.24, 2.45) is 11.5 Å². The van der Waals surface area contributed by atoms with E-state index in [4.69, 9.17) is 11.5 Å². The third kappa shape index (κ3) is 9.55. The number of unbranched alkanes of at least 4 members (excludes halogenated alkanes) is 1. The zero-order valence-corrected chi connectivity index (χ0v) is 12.6. The molecular formula is C12H27ClN4O2. The van der Waals surface area contributed by atoms with Crippen LogP contribution in [-0.2, 0) is 4.79 Å². The molecule has 0 aliphatic rings. The molecule has 0 saturated carbocycles. The van der Waals surface area contributed by atoms with Gasteiger partial charge in [-0.25, -0.2) is 4.79 Å². The average Bonchev–Trinajstić information content (AvgIpc) is 2.33. The Hall–Kier alpha value is -1.01. The number of amides is 3. The van der Waals surface area contributed by atoms with E-state index in [1.807, 2.05) is 6.92 Å². The van der Waals surface area contributed by atoms with Crippen molar-refractivity contribution in [2.45, 2.75) is 58.0 Å². The van der Waals surface area contributed by atoms with Gasteiger partial charge in [0.2, 0.25) is 5.91 Å². The number of halogens is 1. The van der Waals surface area contributed by atoms with Crippen molar-refractivity contribution in [1.82, 2.24) is 10.6 Å². The Kier molecular flexibility index (Phi) is 12.9. The zero-order chi connectivity index (χ0) is 14.0. The molecule has 2 atom stereocenters. The first kappa shape index (κ1) is 20.3. The molecule has 1 unspecified atom stereocenters. The van der Waals surface area contributed by atoms with Crippen LogP contribution in [0.5, 0.6) is 0 Å². The molecule has 0 bridgehead atoms. The van der Waals surface area contributed by atoms with Crippen molar-refractivity contribution in [3.05, 3.63) is 0 Å². The molecule has 6 nitrogen and oxygen atoms in total. The number of hydrogen-bond donors (Lipinski definition) is 4. The minimum Gasteiger partial charge on any atom is -0.352 e. The molecular weight excluding hydrogens is 268 g/mol. The molecule has 0 fully saturated rings. The molecule has 19 heavy (non-hydrogen) atoms. The van der Waals surface area contributed by atoms with E-state index in [1.54, 1.807) is 0 Å². The SMILES string of the molecule is CCCCC(CN)NC(=O)[C@@H](CCC)NC(N)=O.Cl. The van der Waals surface area contributed by atoms with Gasteiger partial charge in [0, 0.05) is 12.6 Å². The summed E-state index contributed by atoms with van der Waals surface area (Å²) in [5, 5.41) is 5.31. The Balaban J connectivity index is 0. The summed E-state index contributed by atoms with van der Waals surface area (Å²) in [7, 11) is 0. The number of nitrogens with two attached hydrogens (primary N) is 2. The first-order chi connectivity index (χ1) is 8.54. The van der Waals surface area contributed by atoms with Crippen LogP contribution < -0.4 is 22.1 Å². The van der Waals surface area contributed by atoms with Gasteiger partial charge in [0.25, 0.3) is 0 Å². The van der Waals surface area contributed by atoms with E-state index in [2.05, 4.69) is 17.6 Å². The highest BCUT2D eigenvalue weighted by atomic mass is 35.5. The maximum Gasteiger partial charge on any atom is 0.312 e. The molecule has 7 heteroatoms. The van der Waals surface area contributed by atoms with E-state index in [1.165, 1.54) is 0 Å². The van der Waals surface area contributed by atoms with Crippen LogP contribution >= 0.6 is 12.4 Å². The fourth-order valence-electron chi connectivity index (χ4n) is 1.73. The van der Waals surface area contributed by atoms with Crippen molar-refractivity contribution < 1.29 is 9.59 Å². The normalized spacial score (nSPS) is 13.0. The Labute approximate surface area is 121 Å². The minimum absolute atomic E-state index is 0. The third-order valence-electron chi connectivity index (χ3n) is 2.75. The number of urea groups is 1. The number of carbonyl (C=O) groups excluding carboxylic acids is 2. The quantitative estimate of drug-likeness (QED) is 0.506. The van der Waals surface area contributed by atoms with E-state index in [9.17, 15) is 9.59 Å². The molecule has 0 aromatic carbocycles. The average molecular weight is 295 g/mol. The summed E-state index contributed by atoms with van der Waals surface area (Å²) in [6, 6.07) is -1.28. The monoisotopic (exact) mass is 294 g/mol. The highest BCUT2D eigenvalue weighted by molar-refractivity contribution is 5.86. The Bertz CT molecular complexity index is 264. The summed E-state index contributed by atoms with van der Waals surface area (Å²) in [4.78, 5) is 22.8. The third-order valence-corrected chi connectivity index (χ3v) is 2.75. The molecule has 0 rings (SSSR count). The molecule has 0 aromatic rings. The van der Waals surface area contributed by atoms with E-state index in [-0.39, 0.29) is 24.4 Å². The standard InChI is InChI=1S/C12H26N4O2.ClH/c1-3-5-7-9(8-13)15-11(17)10(6-4-2)16-12(14)18;/h9-10H,3-8,13H2,1-2H3,(H,15,17)(H3,14,16,18);1H/t9?,10-;/m1./s1. The largest absolute Gasteiger partial charge is 0.352 e. The highest BCUT2D eigenvalue weighted by Gasteiger charge is 2.20. The first-order valence-corrected chi connectivity index (χ1v) is 6.61. The van der Waals surface area contributed by atoms with Crippen LogP contribution in [0.4, 0.5) is 4.79 Å². The lowest BCUT2D eigenvalue weighted by atomic mass is 10.1. The Morgan fingerprint density at radius 3 is 2.16 bits per heavy atom. The molecule has 0 aliphatic heterocycles. The molecule has 0 aromatic heterocycles. The number of primary amides is 1. The van der Waals surface area contributed by atoms with Gasteiger partial charge in [0.1, 0.15) is 6.04 Å². The van der Waals surface area contributed by atoms with Crippen molar-refractivity contribution in [1.29, 1.82) is 0 Å². The Morgan fingerprint density at radius 2 is 1.74 bits per heavy atom. The van der Waals surface area contributed by atoms with E-state index in [0.717, 1.165) is 25.7 Å². The lowest BCUT2D eigenvalue weighted by Crippen LogP contribution is -2.52. The van der Waals surface area contributed by atoms with Crippen LogP contribution in [0.2, 0.25) is 0 Å². The summed E-state index contributed by atoms with van der Waals surface area (Å²) in [5.41, 5.74) is 10.7. The molecule has 0 aliphatic carbocycles. The molecule has 6 N–H and O–H groups in total. The minimum atomic E-state index is -0.679. The highest BCUT2D eigenvalue weighted by Crippen LogP contribution is 2.02. The van der Waals surface area contributed by atoms with Crippen molar-refractivity contribution in [3.63, 3.8) is 0 Å². The van der Waals surface area contributed by atoms with E-state index < -0.39 is 12.1 Å². The molecule has 0 heterocycles. The number of rotatable bonds is 9. The smallest absolute Gasteiger partial charge is 0.312 e. The van der Waals surface area contributed by atoms with Gasteiger partial charge in [-0.15, -0.1) is 12.4 Å². The maximum absolute atomic E-state index is 12.0. The van der Waals surface area contributed by atoms with Crippen molar-refractivity contribution in [2.75, 3.05) is 6.54 Å². The number of nitrogens with one attached hydrogen (secondary N) is 2. The van der Waals surface area contributed by atoms with Gasteiger partial charge in [-0.1, -0.05) is 33.1 Å². The van der Waals surface area contributed by atoms with Crippen LogP contribution in [-0.4, -0.2) is 30.6 Å². The second-order valence-corrected chi connectivity index (χ2v) is 4.43. The van der Waals surface area contributed by atoms with Crippen molar-refractivity contribution >= 4 is 24.3 Å².